The third kappa shape index (κ3) is 2.57. The number of methoxy groups -OCH3 is 1. The first kappa shape index (κ1) is 14.8. The molecule has 0 aliphatic rings. The van der Waals surface area contributed by atoms with Crippen LogP contribution in [0.3, 0.4) is 0 Å². The highest BCUT2D eigenvalue weighted by Crippen LogP contribution is 2.35. The van der Waals surface area contributed by atoms with E-state index < -0.39 is 5.97 Å². The van der Waals surface area contributed by atoms with Gasteiger partial charge in [0.1, 0.15) is 11.3 Å². The van der Waals surface area contributed by atoms with Crippen molar-refractivity contribution >= 4 is 22.6 Å². The Kier molecular flexibility index (Phi) is 3.85. The van der Waals surface area contributed by atoms with Crippen molar-refractivity contribution in [2.75, 3.05) is 19.5 Å². The van der Waals surface area contributed by atoms with Crippen LogP contribution in [-0.2, 0) is 0 Å². The lowest BCUT2D eigenvalue weighted by Gasteiger charge is -2.15. The second-order valence-electron chi connectivity index (χ2n) is 5.01. The molecule has 2 N–H and O–H groups in total. The van der Waals surface area contributed by atoms with Crippen LogP contribution in [0.1, 0.15) is 10.4 Å². The Morgan fingerprint density at radius 2 is 1.91 bits per heavy atom. The van der Waals surface area contributed by atoms with Crippen LogP contribution in [0, 0.1) is 0 Å². The zero-order valence-corrected chi connectivity index (χ0v) is 12.8. The number of carbonyl (C=O) groups is 1. The molecule has 1 heterocycles. The summed E-state index contributed by atoms with van der Waals surface area (Å²) in [7, 11) is 3.28. The quantitative estimate of drug-likeness (QED) is 0.770. The Hall–Kier alpha value is -3.08. The van der Waals surface area contributed by atoms with Crippen molar-refractivity contribution in [2.45, 2.75) is 0 Å². The van der Waals surface area contributed by atoms with Crippen molar-refractivity contribution in [1.82, 2.24) is 4.98 Å². The van der Waals surface area contributed by atoms with E-state index in [0.29, 0.717) is 28.0 Å². The summed E-state index contributed by atoms with van der Waals surface area (Å²) in [4.78, 5) is 16.4. The maximum absolute atomic E-state index is 11.9. The Bertz CT molecular complexity index is 876. The fourth-order valence-electron chi connectivity index (χ4n) is 2.64. The third-order valence-corrected chi connectivity index (χ3v) is 3.70. The molecule has 0 saturated carbocycles. The fourth-order valence-corrected chi connectivity index (χ4v) is 2.64. The van der Waals surface area contributed by atoms with Gasteiger partial charge >= 0.3 is 5.97 Å². The molecule has 0 bridgehead atoms. The first-order valence-corrected chi connectivity index (χ1v) is 7.14. The lowest BCUT2D eigenvalue weighted by atomic mass is 10.0. The standard InChI is InChI=1S/C18H16N2O3/c1-19-17-13-10-12(23-2)8-9-14(13)20-16(15(17)18(21)22)11-6-4-3-5-7-11/h3-10H,1-2H3,(H,19,20)(H,21,22). The molecule has 0 aliphatic carbocycles. The number of carboxylic acid groups (broad SMARTS) is 1. The van der Waals surface area contributed by atoms with E-state index in [1.54, 1.807) is 20.2 Å². The number of aromatic carboxylic acids is 1. The SMILES string of the molecule is CNc1c(C(=O)O)c(-c2ccccc2)nc2ccc(OC)cc12. The van der Waals surface area contributed by atoms with E-state index in [0.717, 1.165) is 5.56 Å². The average molecular weight is 308 g/mol. The van der Waals surface area contributed by atoms with Gasteiger partial charge in [0.15, 0.2) is 0 Å². The minimum atomic E-state index is -1.02. The van der Waals surface area contributed by atoms with Crippen molar-refractivity contribution in [1.29, 1.82) is 0 Å². The molecule has 23 heavy (non-hydrogen) atoms. The number of hydrogen-bond acceptors (Lipinski definition) is 4. The van der Waals surface area contributed by atoms with E-state index in [1.165, 1.54) is 0 Å². The molecule has 0 aliphatic heterocycles. The number of rotatable bonds is 4. The number of hydrogen-bond donors (Lipinski definition) is 2. The van der Waals surface area contributed by atoms with Gasteiger partial charge in [-0.2, -0.15) is 0 Å². The molecule has 5 heteroatoms. The van der Waals surface area contributed by atoms with Crippen molar-refractivity contribution in [3.8, 4) is 17.0 Å². The Labute approximate surface area is 133 Å². The highest BCUT2D eigenvalue weighted by atomic mass is 16.5. The number of carboxylic acids is 1. The summed E-state index contributed by atoms with van der Waals surface area (Å²) >= 11 is 0. The number of pyridine rings is 1. The smallest absolute Gasteiger partial charge is 0.340 e. The number of benzene rings is 2. The van der Waals surface area contributed by atoms with Crippen LogP contribution < -0.4 is 10.1 Å². The van der Waals surface area contributed by atoms with Gasteiger partial charge in [-0.3, -0.25) is 0 Å². The zero-order valence-electron chi connectivity index (χ0n) is 12.8. The Balaban J connectivity index is 2.41. The summed E-state index contributed by atoms with van der Waals surface area (Å²) in [6.45, 7) is 0. The van der Waals surface area contributed by atoms with Gasteiger partial charge in [-0.1, -0.05) is 30.3 Å². The van der Waals surface area contributed by atoms with Gasteiger partial charge in [0.2, 0.25) is 0 Å². The zero-order chi connectivity index (χ0) is 16.4. The second kappa shape index (κ2) is 5.96. The number of anilines is 1. The van der Waals surface area contributed by atoms with Crippen LogP contribution in [0.15, 0.2) is 48.5 Å². The average Bonchev–Trinajstić information content (AvgIpc) is 2.60. The van der Waals surface area contributed by atoms with Crippen molar-refractivity contribution < 1.29 is 14.6 Å². The summed E-state index contributed by atoms with van der Waals surface area (Å²) < 4.78 is 5.23. The maximum Gasteiger partial charge on any atom is 0.340 e. The van der Waals surface area contributed by atoms with Crippen LogP contribution in [0.2, 0.25) is 0 Å². The Morgan fingerprint density at radius 3 is 2.52 bits per heavy atom. The highest BCUT2D eigenvalue weighted by Gasteiger charge is 2.21. The third-order valence-electron chi connectivity index (χ3n) is 3.70. The molecule has 0 atom stereocenters. The van der Waals surface area contributed by atoms with E-state index in [1.807, 2.05) is 42.5 Å². The van der Waals surface area contributed by atoms with Crippen LogP contribution in [0.4, 0.5) is 5.69 Å². The van der Waals surface area contributed by atoms with Crippen LogP contribution >= 0.6 is 0 Å². The molecular formula is C18H16N2O3. The summed E-state index contributed by atoms with van der Waals surface area (Å²) in [5.41, 5.74) is 2.60. The summed E-state index contributed by atoms with van der Waals surface area (Å²) in [6.07, 6.45) is 0. The predicted molar refractivity (Wildman–Crippen MR) is 90.2 cm³/mol. The highest BCUT2D eigenvalue weighted by molar-refractivity contribution is 6.09. The summed E-state index contributed by atoms with van der Waals surface area (Å²) in [5, 5.41) is 13.4. The van der Waals surface area contributed by atoms with Gasteiger partial charge < -0.3 is 15.2 Å². The summed E-state index contributed by atoms with van der Waals surface area (Å²) in [6, 6.07) is 14.7. The van der Waals surface area contributed by atoms with Gasteiger partial charge in [0.25, 0.3) is 0 Å². The van der Waals surface area contributed by atoms with E-state index >= 15 is 0 Å². The molecule has 2 aromatic carbocycles. The number of ether oxygens (including phenoxy) is 1. The first-order valence-electron chi connectivity index (χ1n) is 7.14. The molecule has 0 saturated heterocycles. The van der Waals surface area contributed by atoms with E-state index in [4.69, 9.17) is 4.74 Å². The van der Waals surface area contributed by atoms with Crippen molar-refractivity contribution in [3.05, 3.63) is 54.1 Å². The van der Waals surface area contributed by atoms with Gasteiger partial charge in [-0.05, 0) is 18.2 Å². The molecule has 0 spiro atoms. The van der Waals surface area contributed by atoms with Crippen LogP contribution in [-0.4, -0.2) is 30.2 Å². The fraction of sp³-hybridized carbons (Fsp3) is 0.111. The first-order chi connectivity index (χ1) is 11.2. The molecule has 0 radical (unpaired) electrons. The minimum Gasteiger partial charge on any atom is -0.497 e. The van der Waals surface area contributed by atoms with Gasteiger partial charge in [0.05, 0.1) is 24.0 Å². The molecule has 1 aromatic heterocycles. The Morgan fingerprint density at radius 1 is 1.17 bits per heavy atom. The molecule has 0 fully saturated rings. The molecule has 0 unspecified atom stereocenters. The topological polar surface area (TPSA) is 71.5 Å². The molecule has 3 rings (SSSR count). The minimum absolute atomic E-state index is 0.152. The summed E-state index contributed by atoms with van der Waals surface area (Å²) in [5.74, 6) is -0.370. The molecule has 3 aromatic rings. The van der Waals surface area contributed by atoms with E-state index in [-0.39, 0.29) is 5.56 Å². The predicted octanol–water partition coefficient (Wildman–Crippen LogP) is 3.65. The van der Waals surface area contributed by atoms with Crippen LogP contribution in [0.25, 0.3) is 22.2 Å². The van der Waals surface area contributed by atoms with Crippen molar-refractivity contribution in [2.24, 2.45) is 0 Å². The van der Waals surface area contributed by atoms with Gasteiger partial charge in [-0.15, -0.1) is 0 Å². The van der Waals surface area contributed by atoms with Crippen LogP contribution in [0.5, 0.6) is 5.75 Å². The van der Waals surface area contributed by atoms with E-state index in [2.05, 4.69) is 10.3 Å². The number of fused-ring (bicyclic) bond motifs is 1. The molecule has 116 valence electrons. The van der Waals surface area contributed by atoms with E-state index in [9.17, 15) is 9.90 Å². The monoisotopic (exact) mass is 308 g/mol. The number of aromatic nitrogens is 1. The van der Waals surface area contributed by atoms with Crippen molar-refractivity contribution in [3.63, 3.8) is 0 Å². The lowest BCUT2D eigenvalue weighted by Crippen LogP contribution is -2.08. The largest absolute Gasteiger partial charge is 0.497 e. The van der Waals surface area contributed by atoms with Gasteiger partial charge in [-0.25, -0.2) is 9.78 Å². The number of nitrogens with one attached hydrogen (secondary N) is 1. The molecule has 5 nitrogen and oxygen atoms in total. The number of nitrogens with zero attached hydrogens (tertiary/aromatic N) is 1. The maximum atomic E-state index is 11.9. The van der Waals surface area contributed by atoms with Gasteiger partial charge in [0, 0.05) is 18.0 Å². The molecule has 0 amide bonds. The second-order valence-corrected chi connectivity index (χ2v) is 5.01. The lowest BCUT2D eigenvalue weighted by molar-refractivity contribution is 0.0698. The normalized spacial score (nSPS) is 10.5. The molecular weight excluding hydrogens is 292 g/mol.